The van der Waals surface area contributed by atoms with Crippen LogP contribution in [0.15, 0.2) is 24.5 Å². The lowest BCUT2D eigenvalue weighted by molar-refractivity contribution is 1.01. The molecule has 0 radical (unpaired) electrons. The molecule has 11 heavy (non-hydrogen) atoms. The molecule has 0 amide bonds. The van der Waals surface area contributed by atoms with Crippen LogP contribution in [0.1, 0.15) is 6.42 Å². The second-order valence-corrected chi connectivity index (χ2v) is 2.89. The summed E-state index contributed by atoms with van der Waals surface area (Å²) in [6.45, 7) is 0. The summed E-state index contributed by atoms with van der Waals surface area (Å²) in [6.07, 6.45) is 4.63. The van der Waals surface area contributed by atoms with Gasteiger partial charge in [0.15, 0.2) is 0 Å². The number of hydrogen-bond acceptors (Lipinski definition) is 3. The summed E-state index contributed by atoms with van der Waals surface area (Å²) >= 11 is 0. The number of rotatable bonds is 2. The van der Waals surface area contributed by atoms with Crippen LogP contribution >= 0.6 is 0 Å². The maximum atomic E-state index is 5.64. The van der Waals surface area contributed by atoms with Crippen molar-refractivity contribution in [2.75, 3.05) is 5.32 Å². The summed E-state index contributed by atoms with van der Waals surface area (Å²) in [4.78, 5) is 3.92. The highest BCUT2D eigenvalue weighted by Gasteiger charge is 2.32. The average molecular weight is 149 g/mol. The van der Waals surface area contributed by atoms with Gasteiger partial charge >= 0.3 is 0 Å². The summed E-state index contributed by atoms with van der Waals surface area (Å²) in [7, 11) is 0. The molecule has 2 unspecified atom stereocenters. The second-order valence-electron chi connectivity index (χ2n) is 2.89. The molecule has 1 saturated carbocycles. The standard InChI is InChI=1S/C8H11N3/c9-7-5-8(7)11-6-1-3-10-4-2-6/h1-4,7-8H,5,9H2,(H,10,11). The molecule has 1 heterocycles. The molecule has 3 nitrogen and oxygen atoms in total. The molecule has 2 atom stereocenters. The van der Waals surface area contributed by atoms with Gasteiger partial charge in [0.2, 0.25) is 0 Å². The first-order valence-corrected chi connectivity index (χ1v) is 3.78. The van der Waals surface area contributed by atoms with Crippen molar-refractivity contribution in [3.05, 3.63) is 24.5 Å². The molecule has 0 saturated heterocycles. The first-order valence-electron chi connectivity index (χ1n) is 3.78. The highest BCUT2D eigenvalue weighted by Crippen LogP contribution is 2.22. The predicted molar refractivity (Wildman–Crippen MR) is 44.2 cm³/mol. The number of hydrogen-bond donors (Lipinski definition) is 2. The van der Waals surface area contributed by atoms with E-state index in [-0.39, 0.29) is 0 Å². The molecular formula is C8H11N3. The van der Waals surface area contributed by atoms with Crippen molar-refractivity contribution < 1.29 is 0 Å². The third-order valence-corrected chi connectivity index (χ3v) is 1.87. The number of nitrogens with one attached hydrogen (secondary N) is 1. The average Bonchev–Trinajstić information content (AvgIpc) is 2.69. The summed E-state index contributed by atoms with van der Waals surface area (Å²) in [5.74, 6) is 0. The molecule has 0 aromatic carbocycles. The first-order chi connectivity index (χ1) is 5.36. The van der Waals surface area contributed by atoms with Crippen molar-refractivity contribution >= 4 is 5.69 Å². The van der Waals surface area contributed by atoms with Crippen LogP contribution in [0, 0.1) is 0 Å². The largest absolute Gasteiger partial charge is 0.381 e. The quantitative estimate of drug-likeness (QED) is 0.647. The van der Waals surface area contributed by atoms with E-state index in [1.54, 1.807) is 12.4 Å². The van der Waals surface area contributed by atoms with E-state index in [1.165, 1.54) is 0 Å². The van der Waals surface area contributed by atoms with Gasteiger partial charge in [0.1, 0.15) is 0 Å². The Morgan fingerprint density at radius 2 is 2.09 bits per heavy atom. The maximum Gasteiger partial charge on any atom is 0.0428 e. The van der Waals surface area contributed by atoms with Gasteiger partial charge < -0.3 is 11.1 Å². The Bertz CT molecular complexity index is 234. The molecule has 1 aliphatic carbocycles. The molecule has 0 aliphatic heterocycles. The van der Waals surface area contributed by atoms with E-state index in [1.807, 2.05) is 12.1 Å². The molecule has 2 rings (SSSR count). The Hall–Kier alpha value is -1.09. The van der Waals surface area contributed by atoms with Crippen LogP contribution in [0.3, 0.4) is 0 Å². The number of pyridine rings is 1. The van der Waals surface area contributed by atoms with Gasteiger partial charge in [-0.1, -0.05) is 0 Å². The lowest BCUT2D eigenvalue weighted by Gasteiger charge is -2.02. The predicted octanol–water partition coefficient (Wildman–Crippen LogP) is 0.593. The summed E-state index contributed by atoms with van der Waals surface area (Å²) < 4.78 is 0. The highest BCUT2D eigenvalue weighted by molar-refractivity contribution is 5.44. The zero-order valence-electron chi connectivity index (χ0n) is 6.20. The molecule has 3 heteroatoms. The third-order valence-electron chi connectivity index (χ3n) is 1.87. The van der Waals surface area contributed by atoms with Crippen molar-refractivity contribution in [3.63, 3.8) is 0 Å². The minimum Gasteiger partial charge on any atom is -0.381 e. The summed E-state index contributed by atoms with van der Waals surface area (Å²) in [5, 5.41) is 3.30. The van der Waals surface area contributed by atoms with Crippen LogP contribution in [-0.4, -0.2) is 17.1 Å². The Balaban J connectivity index is 1.97. The highest BCUT2D eigenvalue weighted by atomic mass is 15.0. The topological polar surface area (TPSA) is 50.9 Å². The van der Waals surface area contributed by atoms with Crippen molar-refractivity contribution in [2.24, 2.45) is 5.73 Å². The normalized spacial score (nSPS) is 28.1. The van der Waals surface area contributed by atoms with Crippen LogP contribution in [0.25, 0.3) is 0 Å². The lowest BCUT2D eigenvalue weighted by atomic mass is 10.4. The van der Waals surface area contributed by atoms with Gasteiger partial charge in [-0.05, 0) is 18.6 Å². The van der Waals surface area contributed by atoms with E-state index in [2.05, 4.69) is 10.3 Å². The monoisotopic (exact) mass is 149 g/mol. The molecule has 3 N–H and O–H groups in total. The fourth-order valence-electron chi connectivity index (χ4n) is 1.04. The van der Waals surface area contributed by atoms with Crippen LogP contribution < -0.4 is 11.1 Å². The van der Waals surface area contributed by atoms with Crippen LogP contribution in [0.2, 0.25) is 0 Å². The van der Waals surface area contributed by atoms with Crippen LogP contribution in [0.4, 0.5) is 5.69 Å². The number of anilines is 1. The third kappa shape index (κ3) is 1.49. The second kappa shape index (κ2) is 2.51. The minimum absolute atomic E-state index is 0.350. The van der Waals surface area contributed by atoms with E-state index in [4.69, 9.17) is 5.73 Å². The van der Waals surface area contributed by atoms with Gasteiger partial charge in [-0.3, -0.25) is 4.98 Å². The smallest absolute Gasteiger partial charge is 0.0428 e. The lowest BCUT2D eigenvalue weighted by Crippen LogP contribution is -2.12. The van der Waals surface area contributed by atoms with E-state index in [0.717, 1.165) is 12.1 Å². The van der Waals surface area contributed by atoms with Crippen molar-refractivity contribution in [2.45, 2.75) is 18.5 Å². The van der Waals surface area contributed by atoms with E-state index < -0.39 is 0 Å². The Labute approximate surface area is 65.6 Å². The van der Waals surface area contributed by atoms with Crippen molar-refractivity contribution in [3.8, 4) is 0 Å². The van der Waals surface area contributed by atoms with Gasteiger partial charge in [0.25, 0.3) is 0 Å². The van der Waals surface area contributed by atoms with E-state index in [0.29, 0.717) is 12.1 Å². The maximum absolute atomic E-state index is 5.64. The Morgan fingerprint density at radius 1 is 1.45 bits per heavy atom. The fourth-order valence-corrected chi connectivity index (χ4v) is 1.04. The zero-order chi connectivity index (χ0) is 7.68. The SMILES string of the molecule is NC1CC1Nc1ccncc1. The van der Waals surface area contributed by atoms with Crippen LogP contribution in [0.5, 0.6) is 0 Å². The number of nitrogens with zero attached hydrogens (tertiary/aromatic N) is 1. The molecule has 1 aromatic rings. The van der Waals surface area contributed by atoms with Gasteiger partial charge in [-0.2, -0.15) is 0 Å². The zero-order valence-corrected chi connectivity index (χ0v) is 6.20. The summed E-state index contributed by atoms with van der Waals surface area (Å²) in [6, 6.07) is 4.73. The first kappa shape index (κ1) is 6.61. The number of nitrogens with two attached hydrogens (primary N) is 1. The van der Waals surface area contributed by atoms with Crippen molar-refractivity contribution in [1.29, 1.82) is 0 Å². The molecular weight excluding hydrogens is 138 g/mol. The Kier molecular flexibility index (Phi) is 1.51. The molecule has 58 valence electrons. The van der Waals surface area contributed by atoms with Gasteiger partial charge in [-0.25, -0.2) is 0 Å². The number of aromatic nitrogens is 1. The molecule has 1 fully saturated rings. The van der Waals surface area contributed by atoms with E-state index in [9.17, 15) is 0 Å². The summed E-state index contributed by atoms with van der Waals surface area (Å²) in [5.41, 5.74) is 6.75. The molecule has 0 bridgehead atoms. The minimum atomic E-state index is 0.350. The Morgan fingerprint density at radius 3 is 2.64 bits per heavy atom. The van der Waals surface area contributed by atoms with Gasteiger partial charge in [0, 0.05) is 30.2 Å². The van der Waals surface area contributed by atoms with E-state index >= 15 is 0 Å². The van der Waals surface area contributed by atoms with Crippen LogP contribution in [-0.2, 0) is 0 Å². The van der Waals surface area contributed by atoms with Gasteiger partial charge in [0.05, 0.1) is 0 Å². The molecule has 1 aromatic heterocycles. The molecule has 1 aliphatic rings. The molecule has 0 spiro atoms. The fraction of sp³-hybridized carbons (Fsp3) is 0.375. The van der Waals surface area contributed by atoms with Gasteiger partial charge in [-0.15, -0.1) is 0 Å². The van der Waals surface area contributed by atoms with Crippen molar-refractivity contribution in [1.82, 2.24) is 4.98 Å².